The number of rotatable bonds is 9. The van der Waals surface area contributed by atoms with E-state index in [9.17, 15) is 4.79 Å². The maximum absolute atomic E-state index is 11.2. The summed E-state index contributed by atoms with van der Waals surface area (Å²) < 4.78 is 5.45. The van der Waals surface area contributed by atoms with Crippen molar-refractivity contribution in [2.24, 2.45) is 17.6 Å². The van der Waals surface area contributed by atoms with E-state index in [2.05, 4.69) is 24.1 Å². The molecule has 3 N–H and O–H groups in total. The topological polar surface area (TPSA) is 67.6 Å². The fraction of sp³-hybridized carbons (Fsp3) is 0.941. The lowest BCUT2D eigenvalue weighted by molar-refractivity contribution is -0.0173. The van der Waals surface area contributed by atoms with Gasteiger partial charge in [0.25, 0.3) is 0 Å². The number of hydrogen-bond acceptors (Lipinski definition) is 4. The molecule has 1 unspecified atom stereocenters. The Morgan fingerprint density at radius 1 is 1.32 bits per heavy atom. The molecule has 1 atom stereocenters. The van der Waals surface area contributed by atoms with Crippen LogP contribution in [0.1, 0.15) is 53.4 Å². The highest BCUT2D eigenvalue weighted by atomic mass is 16.6. The molecular weight excluding hydrogens is 278 g/mol. The number of nitrogens with one attached hydrogen (secondary N) is 1. The lowest BCUT2D eigenvalue weighted by atomic mass is 9.78. The average Bonchev–Trinajstić information content (AvgIpc) is 2.46. The molecular formula is C17H35N3O2. The molecule has 1 aliphatic heterocycles. The van der Waals surface area contributed by atoms with Crippen LogP contribution in [0.4, 0.5) is 4.79 Å². The van der Waals surface area contributed by atoms with Crippen molar-refractivity contribution >= 4 is 6.09 Å². The van der Waals surface area contributed by atoms with E-state index in [1.54, 1.807) is 0 Å². The van der Waals surface area contributed by atoms with Crippen LogP contribution in [0.25, 0.3) is 0 Å². The van der Waals surface area contributed by atoms with Gasteiger partial charge in [0.1, 0.15) is 5.60 Å². The van der Waals surface area contributed by atoms with Gasteiger partial charge in [-0.15, -0.1) is 0 Å². The first-order chi connectivity index (χ1) is 10.4. The summed E-state index contributed by atoms with van der Waals surface area (Å²) in [6, 6.07) is 0. The molecule has 1 heterocycles. The summed E-state index contributed by atoms with van der Waals surface area (Å²) in [5.74, 6) is 1.07. The van der Waals surface area contributed by atoms with E-state index in [1.165, 1.54) is 12.8 Å². The minimum Gasteiger partial charge on any atom is -0.443 e. The van der Waals surface area contributed by atoms with Gasteiger partial charge in [-0.3, -0.25) is 0 Å². The van der Waals surface area contributed by atoms with Crippen LogP contribution in [0.15, 0.2) is 0 Å². The van der Waals surface area contributed by atoms with Crippen molar-refractivity contribution in [1.82, 2.24) is 10.2 Å². The Kier molecular flexibility index (Phi) is 8.18. The summed E-state index contributed by atoms with van der Waals surface area (Å²) in [6.45, 7) is 13.8. The Balaban J connectivity index is 2.67. The third-order valence-electron chi connectivity index (χ3n) is 5.11. The first-order valence-electron chi connectivity index (χ1n) is 8.80. The molecule has 0 aliphatic carbocycles. The zero-order chi connectivity index (χ0) is 16.6. The van der Waals surface area contributed by atoms with E-state index in [4.69, 9.17) is 10.5 Å². The molecule has 22 heavy (non-hydrogen) atoms. The number of carbonyl (C=O) groups is 1. The normalized spacial score (nSPS) is 18.4. The molecule has 1 rings (SSSR count). The van der Waals surface area contributed by atoms with Crippen LogP contribution in [0.5, 0.6) is 0 Å². The largest absolute Gasteiger partial charge is 0.443 e. The van der Waals surface area contributed by atoms with E-state index in [1.807, 2.05) is 13.8 Å². The summed E-state index contributed by atoms with van der Waals surface area (Å²) >= 11 is 0. The highest BCUT2D eigenvalue weighted by Gasteiger charge is 2.34. The highest BCUT2D eigenvalue weighted by Crippen LogP contribution is 2.33. The summed E-state index contributed by atoms with van der Waals surface area (Å²) in [6.07, 6.45) is 3.93. The van der Waals surface area contributed by atoms with Crippen molar-refractivity contribution in [2.75, 3.05) is 32.7 Å². The average molecular weight is 313 g/mol. The first kappa shape index (κ1) is 19.2. The molecule has 130 valence electrons. The standard InChI is InChI=1S/C17H35N3O2/c1-5-20(6-2)12-9-15(17(3,4)22-16(18)21)13-14-7-10-19-11-8-14/h14-15,19H,5-13H2,1-4H3,(H2,18,21). The summed E-state index contributed by atoms with van der Waals surface area (Å²) in [5.41, 5.74) is 4.78. The van der Waals surface area contributed by atoms with Crippen LogP contribution in [0.2, 0.25) is 0 Å². The Labute approximate surface area is 135 Å². The zero-order valence-electron chi connectivity index (χ0n) is 14.9. The van der Waals surface area contributed by atoms with Crippen molar-refractivity contribution in [3.05, 3.63) is 0 Å². The SMILES string of the molecule is CCN(CC)CCC(CC1CCNCC1)C(C)(C)OC(N)=O. The van der Waals surface area contributed by atoms with Crippen LogP contribution < -0.4 is 11.1 Å². The van der Waals surface area contributed by atoms with Crippen molar-refractivity contribution in [3.63, 3.8) is 0 Å². The van der Waals surface area contributed by atoms with Crippen molar-refractivity contribution in [2.45, 2.75) is 59.0 Å². The predicted molar refractivity (Wildman–Crippen MR) is 90.9 cm³/mol. The van der Waals surface area contributed by atoms with Gasteiger partial charge >= 0.3 is 6.09 Å². The molecule has 1 fully saturated rings. The number of piperidine rings is 1. The number of carbonyl (C=O) groups excluding carboxylic acids is 1. The monoisotopic (exact) mass is 313 g/mol. The van der Waals surface area contributed by atoms with Crippen LogP contribution in [-0.4, -0.2) is 49.3 Å². The first-order valence-corrected chi connectivity index (χ1v) is 8.80. The van der Waals surface area contributed by atoms with Crippen LogP contribution in [0.3, 0.4) is 0 Å². The second-order valence-corrected chi connectivity index (χ2v) is 6.97. The summed E-state index contributed by atoms with van der Waals surface area (Å²) in [4.78, 5) is 13.7. The molecule has 0 aromatic heterocycles. The molecule has 1 saturated heterocycles. The molecule has 0 spiro atoms. The smallest absolute Gasteiger partial charge is 0.405 e. The lowest BCUT2D eigenvalue weighted by Crippen LogP contribution is -2.42. The number of ether oxygens (including phenoxy) is 1. The molecule has 5 heteroatoms. The molecule has 0 aromatic carbocycles. The summed E-state index contributed by atoms with van der Waals surface area (Å²) in [7, 11) is 0. The van der Waals surface area contributed by atoms with E-state index in [-0.39, 0.29) is 0 Å². The Bertz CT molecular complexity index is 324. The number of nitrogens with two attached hydrogens (primary N) is 1. The second kappa shape index (κ2) is 9.36. The number of primary amides is 1. The summed E-state index contributed by atoms with van der Waals surface area (Å²) in [5, 5.41) is 3.41. The maximum Gasteiger partial charge on any atom is 0.405 e. The molecule has 1 amide bonds. The van der Waals surface area contributed by atoms with Gasteiger partial charge < -0.3 is 20.7 Å². The number of amides is 1. The molecule has 0 saturated carbocycles. The molecule has 1 aliphatic rings. The molecule has 0 bridgehead atoms. The van der Waals surface area contributed by atoms with Crippen LogP contribution >= 0.6 is 0 Å². The van der Waals surface area contributed by atoms with Crippen molar-refractivity contribution in [1.29, 1.82) is 0 Å². The molecule has 0 radical (unpaired) electrons. The fourth-order valence-corrected chi connectivity index (χ4v) is 3.49. The Morgan fingerprint density at radius 3 is 2.41 bits per heavy atom. The maximum atomic E-state index is 11.2. The van der Waals surface area contributed by atoms with Gasteiger partial charge in [0, 0.05) is 0 Å². The Hall–Kier alpha value is -0.810. The van der Waals surface area contributed by atoms with E-state index < -0.39 is 11.7 Å². The minimum absolute atomic E-state index is 0.351. The van der Waals surface area contributed by atoms with Crippen LogP contribution in [0, 0.1) is 11.8 Å². The third-order valence-corrected chi connectivity index (χ3v) is 5.11. The number of hydrogen-bond donors (Lipinski definition) is 2. The van der Waals surface area contributed by atoms with E-state index >= 15 is 0 Å². The van der Waals surface area contributed by atoms with Crippen LogP contribution in [-0.2, 0) is 4.74 Å². The lowest BCUT2D eigenvalue weighted by Gasteiger charge is -2.37. The van der Waals surface area contributed by atoms with Gasteiger partial charge in [-0.25, -0.2) is 4.79 Å². The van der Waals surface area contributed by atoms with Crippen molar-refractivity contribution < 1.29 is 9.53 Å². The molecule has 5 nitrogen and oxygen atoms in total. The van der Waals surface area contributed by atoms with Gasteiger partial charge in [-0.2, -0.15) is 0 Å². The quantitative estimate of drug-likeness (QED) is 0.686. The van der Waals surface area contributed by atoms with E-state index in [0.717, 1.165) is 51.5 Å². The number of nitrogens with zero attached hydrogens (tertiary/aromatic N) is 1. The molecule has 0 aromatic rings. The van der Waals surface area contributed by atoms with Gasteiger partial charge in [0.15, 0.2) is 0 Å². The highest BCUT2D eigenvalue weighted by molar-refractivity contribution is 5.65. The van der Waals surface area contributed by atoms with E-state index in [0.29, 0.717) is 5.92 Å². The van der Waals surface area contributed by atoms with Gasteiger partial charge in [-0.05, 0) is 84.1 Å². The van der Waals surface area contributed by atoms with Gasteiger partial charge in [0.2, 0.25) is 0 Å². The predicted octanol–water partition coefficient (Wildman–Crippen LogP) is 2.60. The van der Waals surface area contributed by atoms with Gasteiger partial charge in [0.05, 0.1) is 0 Å². The zero-order valence-corrected chi connectivity index (χ0v) is 14.9. The third kappa shape index (κ3) is 6.53. The second-order valence-electron chi connectivity index (χ2n) is 6.97. The van der Waals surface area contributed by atoms with Crippen molar-refractivity contribution in [3.8, 4) is 0 Å². The fourth-order valence-electron chi connectivity index (χ4n) is 3.49. The minimum atomic E-state index is -0.664. The van der Waals surface area contributed by atoms with Gasteiger partial charge in [-0.1, -0.05) is 13.8 Å². The Morgan fingerprint density at radius 2 is 1.91 bits per heavy atom.